The molecule has 0 spiro atoms. The lowest BCUT2D eigenvalue weighted by Crippen LogP contribution is -2.30. The minimum Gasteiger partial charge on any atom is -0.397 e. The number of nitrogens with zero attached hydrogens (tertiary/aromatic N) is 1. The zero-order valence-electron chi connectivity index (χ0n) is 7.16. The molecule has 0 aliphatic carbocycles. The predicted octanol–water partition coefficient (Wildman–Crippen LogP) is -0.648. The van der Waals surface area contributed by atoms with E-state index >= 15 is 0 Å². The maximum atomic E-state index is 11.3. The van der Waals surface area contributed by atoms with Crippen LogP contribution in [0.15, 0.2) is 18.3 Å². The van der Waals surface area contributed by atoms with Gasteiger partial charge in [0, 0.05) is 19.3 Å². The summed E-state index contributed by atoms with van der Waals surface area (Å²) in [7, 11) is 0. The van der Waals surface area contributed by atoms with E-state index in [9.17, 15) is 4.79 Å². The van der Waals surface area contributed by atoms with E-state index in [2.05, 4.69) is 10.3 Å². The summed E-state index contributed by atoms with van der Waals surface area (Å²) >= 11 is 0. The van der Waals surface area contributed by atoms with Gasteiger partial charge in [-0.1, -0.05) is 0 Å². The van der Waals surface area contributed by atoms with Crippen molar-refractivity contribution in [3.63, 3.8) is 0 Å². The molecule has 0 unspecified atom stereocenters. The van der Waals surface area contributed by atoms with Crippen molar-refractivity contribution in [3.05, 3.63) is 24.0 Å². The normalized spacial score (nSPS) is 9.62. The van der Waals surface area contributed by atoms with E-state index in [0.29, 0.717) is 18.8 Å². The third-order valence-corrected chi connectivity index (χ3v) is 1.48. The highest BCUT2D eigenvalue weighted by Crippen LogP contribution is 2.05. The highest BCUT2D eigenvalue weighted by atomic mass is 16.1. The first-order chi connectivity index (χ1) is 6.25. The Labute approximate surface area is 76.1 Å². The largest absolute Gasteiger partial charge is 0.397 e. The molecule has 1 amide bonds. The topological polar surface area (TPSA) is 94.0 Å². The third-order valence-electron chi connectivity index (χ3n) is 1.48. The van der Waals surface area contributed by atoms with E-state index in [4.69, 9.17) is 11.5 Å². The number of carbonyl (C=O) groups is 1. The molecule has 0 atom stereocenters. The maximum Gasteiger partial charge on any atom is 0.272 e. The van der Waals surface area contributed by atoms with Crippen molar-refractivity contribution in [1.82, 2.24) is 10.3 Å². The average Bonchev–Trinajstić information content (AvgIpc) is 2.15. The Kier molecular flexibility index (Phi) is 3.22. The molecular weight excluding hydrogens is 168 g/mol. The van der Waals surface area contributed by atoms with Crippen molar-refractivity contribution in [2.75, 3.05) is 18.8 Å². The average molecular weight is 180 g/mol. The van der Waals surface area contributed by atoms with Crippen molar-refractivity contribution in [2.45, 2.75) is 0 Å². The summed E-state index contributed by atoms with van der Waals surface area (Å²) < 4.78 is 0. The Bertz CT molecular complexity index is 300. The molecule has 1 heterocycles. The van der Waals surface area contributed by atoms with Gasteiger partial charge in [-0.05, 0) is 12.1 Å². The highest BCUT2D eigenvalue weighted by Gasteiger charge is 2.08. The first kappa shape index (κ1) is 9.47. The number of nitrogen functional groups attached to an aromatic ring is 1. The van der Waals surface area contributed by atoms with Gasteiger partial charge >= 0.3 is 0 Å². The van der Waals surface area contributed by atoms with Crippen LogP contribution in [0.1, 0.15) is 10.5 Å². The van der Waals surface area contributed by atoms with Crippen LogP contribution in [0.4, 0.5) is 5.69 Å². The molecule has 0 saturated heterocycles. The van der Waals surface area contributed by atoms with Gasteiger partial charge in [-0.15, -0.1) is 0 Å². The SMILES string of the molecule is NCCNC(=O)c1ncccc1N. The number of rotatable bonds is 3. The van der Waals surface area contributed by atoms with Crippen LogP contribution in [-0.4, -0.2) is 24.0 Å². The molecule has 0 aromatic carbocycles. The Morgan fingerprint density at radius 1 is 1.62 bits per heavy atom. The van der Waals surface area contributed by atoms with Crippen molar-refractivity contribution >= 4 is 11.6 Å². The summed E-state index contributed by atoms with van der Waals surface area (Å²) in [5, 5.41) is 2.58. The summed E-state index contributed by atoms with van der Waals surface area (Å²) in [4.78, 5) is 15.2. The van der Waals surface area contributed by atoms with Gasteiger partial charge in [0.05, 0.1) is 5.69 Å². The highest BCUT2D eigenvalue weighted by molar-refractivity contribution is 5.96. The first-order valence-corrected chi connectivity index (χ1v) is 3.94. The molecule has 0 aliphatic heterocycles. The van der Waals surface area contributed by atoms with Gasteiger partial charge in [0.15, 0.2) is 5.69 Å². The van der Waals surface area contributed by atoms with E-state index in [-0.39, 0.29) is 11.6 Å². The number of hydrogen-bond donors (Lipinski definition) is 3. The smallest absolute Gasteiger partial charge is 0.272 e. The number of amides is 1. The van der Waals surface area contributed by atoms with Crippen molar-refractivity contribution < 1.29 is 4.79 Å². The minimum absolute atomic E-state index is 0.246. The third kappa shape index (κ3) is 2.41. The molecule has 1 aromatic rings. The number of hydrogen-bond acceptors (Lipinski definition) is 4. The van der Waals surface area contributed by atoms with Gasteiger partial charge in [0.25, 0.3) is 5.91 Å². The summed E-state index contributed by atoms with van der Waals surface area (Å²) in [6, 6.07) is 3.30. The van der Waals surface area contributed by atoms with Gasteiger partial charge in [0.1, 0.15) is 0 Å². The van der Waals surface area contributed by atoms with Crippen LogP contribution in [0.3, 0.4) is 0 Å². The van der Waals surface area contributed by atoms with Crippen LogP contribution in [-0.2, 0) is 0 Å². The van der Waals surface area contributed by atoms with Crippen molar-refractivity contribution in [2.24, 2.45) is 5.73 Å². The van der Waals surface area contributed by atoms with Gasteiger partial charge in [0.2, 0.25) is 0 Å². The van der Waals surface area contributed by atoms with Gasteiger partial charge in [-0.25, -0.2) is 4.98 Å². The molecule has 5 N–H and O–H groups in total. The summed E-state index contributed by atoms with van der Waals surface area (Å²) in [6.45, 7) is 0.827. The van der Waals surface area contributed by atoms with Crippen molar-refractivity contribution in [1.29, 1.82) is 0 Å². The fourth-order valence-corrected chi connectivity index (χ4v) is 0.877. The predicted molar refractivity (Wildman–Crippen MR) is 50.0 cm³/mol. The first-order valence-electron chi connectivity index (χ1n) is 3.94. The number of pyridine rings is 1. The standard InChI is InChI=1S/C8H12N4O/c9-3-5-12-8(13)7-6(10)2-1-4-11-7/h1-2,4H,3,5,9-10H2,(H,12,13). The second-order valence-corrected chi connectivity index (χ2v) is 2.49. The molecule has 5 heteroatoms. The van der Waals surface area contributed by atoms with Crippen LogP contribution < -0.4 is 16.8 Å². The maximum absolute atomic E-state index is 11.3. The molecule has 13 heavy (non-hydrogen) atoms. The molecule has 5 nitrogen and oxygen atoms in total. The lowest BCUT2D eigenvalue weighted by Gasteiger charge is -2.04. The second-order valence-electron chi connectivity index (χ2n) is 2.49. The molecule has 0 aliphatic rings. The quantitative estimate of drug-likeness (QED) is 0.576. The Morgan fingerprint density at radius 2 is 2.38 bits per heavy atom. The van der Waals surface area contributed by atoms with Crippen LogP contribution in [0.5, 0.6) is 0 Å². The van der Waals surface area contributed by atoms with E-state index < -0.39 is 0 Å². The molecule has 0 radical (unpaired) electrons. The van der Waals surface area contributed by atoms with Gasteiger partial charge in [-0.3, -0.25) is 4.79 Å². The van der Waals surface area contributed by atoms with Crippen LogP contribution >= 0.6 is 0 Å². The lowest BCUT2D eigenvalue weighted by molar-refractivity contribution is 0.0951. The zero-order chi connectivity index (χ0) is 9.68. The second kappa shape index (κ2) is 4.42. The van der Waals surface area contributed by atoms with Crippen LogP contribution in [0.25, 0.3) is 0 Å². The van der Waals surface area contributed by atoms with E-state index in [1.807, 2.05) is 0 Å². The number of nitrogens with two attached hydrogens (primary N) is 2. The summed E-state index contributed by atoms with van der Waals surface area (Å²) in [6.07, 6.45) is 1.52. The molecule has 0 fully saturated rings. The molecule has 0 bridgehead atoms. The fraction of sp³-hybridized carbons (Fsp3) is 0.250. The molecule has 1 aromatic heterocycles. The van der Waals surface area contributed by atoms with E-state index in [0.717, 1.165) is 0 Å². The summed E-state index contributed by atoms with van der Waals surface area (Å²) in [5.41, 5.74) is 11.4. The molecule has 70 valence electrons. The monoisotopic (exact) mass is 180 g/mol. The van der Waals surface area contributed by atoms with Crippen LogP contribution in [0, 0.1) is 0 Å². The van der Waals surface area contributed by atoms with Gasteiger partial charge in [-0.2, -0.15) is 0 Å². The number of aromatic nitrogens is 1. The Balaban J connectivity index is 2.71. The van der Waals surface area contributed by atoms with E-state index in [1.165, 1.54) is 6.20 Å². The molecular formula is C8H12N4O. The zero-order valence-corrected chi connectivity index (χ0v) is 7.16. The fourth-order valence-electron chi connectivity index (χ4n) is 0.877. The number of nitrogens with one attached hydrogen (secondary N) is 1. The van der Waals surface area contributed by atoms with Crippen LogP contribution in [0.2, 0.25) is 0 Å². The molecule has 0 saturated carbocycles. The minimum atomic E-state index is -0.288. The Hall–Kier alpha value is -1.62. The lowest BCUT2D eigenvalue weighted by atomic mass is 10.3. The number of anilines is 1. The molecule has 1 rings (SSSR count). The van der Waals surface area contributed by atoms with Gasteiger partial charge < -0.3 is 16.8 Å². The summed E-state index contributed by atoms with van der Waals surface area (Å²) in [5.74, 6) is -0.288. The number of carbonyl (C=O) groups excluding carboxylic acids is 1. The van der Waals surface area contributed by atoms with Crippen molar-refractivity contribution in [3.8, 4) is 0 Å². The Morgan fingerprint density at radius 3 is 3.00 bits per heavy atom. The van der Waals surface area contributed by atoms with E-state index in [1.54, 1.807) is 12.1 Å².